The highest BCUT2D eigenvalue weighted by Crippen LogP contribution is 2.18. The Labute approximate surface area is 147 Å². The van der Waals surface area contributed by atoms with E-state index in [0.717, 1.165) is 25.5 Å². The lowest BCUT2D eigenvalue weighted by Crippen LogP contribution is -2.48. The first-order valence-corrected chi connectivity index (χ1v) is 8.61. The van der Waals surface area contributed by atoms with Gasteiger partial charge in [0, 0.05) is 32.7 Å². The van der Waals surface area contributed by atoms with Crippen LogP contribution in [0, 0.1) is 17.6 Å². The van der Waals surface area contributed by atoms with Gasteiger partial charge in [-0.3, -0.25) is 9.79 Å². The van der Waals surface area contributed by atoms with Crippen LogP contribution >= 0.6 is 0 Å². The topological polar surface area (TPSA) is 53.9 Å². The molecular weight excluding hydrogens is 328 g/mol. The SMILES string of the molecule is CCOC(=O)C1CCCN(C(=NC)NCCc2ccc(F)cc2F)C1. The van der Waals surface area contributed by atoms with Crippen LogP contribution < -0.4 is 5.32 Å². The van der Waals surface area contributed by atoms with Gasteiger partial charge in [-0.2, -0.15) is 0 Å². The molecule has 0 saturated carbocycles. The van der Waals surface area contributed by atoms with Gasteiger partial charge in [-0.25, -0.2) is 8.78 Å². The molecular formula is C18H25F2N3O2. The predicted molar refractivity (Wildman–Crippen MR) is 92.4 cm³/mol. The van der Waals surface area contributed by atoms with Gasteiger partial charge in [0.25, 0.3) is 0 Å². The van der Waals surface area contributed by atoms with E-state index < -0.39 is 11.6 Å². The second-order valence-electron chi connectivity index (χ2n) is 6.00. The lowest BCUT2D eigenvalue weighted by Gasteiger charge is -2.34. The summed E-state index contributed by atoms with van der Waals surface area (Å²) in [5.74, 6) is -0.769. The molecule has 1 fully saturated rings. The van der Waals surface area contributed by atoms with Crippen molar-refractivity contribution >= 4 is 11.9 Å². The molecule has 1 aromatic carbocycles. The van der Waals surface area contributed by atoms with Crippen LogP contribution in [0.25, 0.3) is 0 Å². The van der Waals surface area contributed by atoms with E-state index in [2.05, 4.69) is 10.3 Å². The fourth-order valence-corrected chi connectivity index (χ4v) is 2.99. The molecule has 138 valence electrons. The van der Waals surface area contributed by atoms with Gasteiger partial charge in [0.15, 0.2) is 5.96 Å². The molecule has 1 N–H and O–H groups in total. The number of aliphatic imine (C=N–C) groups is 1. The maximum absolute atomic E-state index is 13.7. The number of hydrogen-bond donors (Lipinski definition) is 1. The third-order valence-electron chi connectivity index (χ3n) is 4.25. The van der Waals surface area contributed by atoms with Crippen molar-refractivity contribution in [1.29, 1.82) is 0 Å². The second-order valence-corrected chi connectivity index (χ2v) is 6.00. The minimum absolute atomic E-state index is 0.151. The lowest BCUT2D eigenvalue weighted by molar-refractivity contribution is -0.149. The maximum atomic E-state index is 13.7. The van der Waals surface area contributed by atoms with E-state index in [1.54, 1.807) is 14.0 Å². The number of guanidine groups is 1. The van der Waals surface area contributed by atoms with Crippen LogP contribution in [0.4, 0.5) is 8.78 Å². The van der Waals surface area contributed by atoms with Crippen LogP contribution in [0.1, 0.15) is 25.3 Å². The Kier molecular flexibility index (Phi) is 7.16. The molecule has 1 aromatic rings. The van der Waals surface area contributed by atoms with Gasteiger partial charge in [0.1, 0.15) is 11.6 Å². The number of piperidine rings is 1. The minimum atomic E-state index is -0.580. The zero-order valence-electron chi connectivity index (χ0n) is 14.7. The summed E-state index contributed by atoms with van der Waals surface area (Å²) in [6.07, 6.45) is 2.12. The van der Waals surface area contributed by atoms with Gasteiger partial charge in [0.2, 0.25) is 0 Å². The van der Waals surface area contributed by atoms with E-state index >= 15 is 0 Å². The van der Waals surface area contributed by atoms with E-state index in [9.17, 15) is 13.6 Å². The summed E-state index contributed by atoms with van der Waals surface area (Å²) >= 11 is 0. The third kappa shape index (κ3) is 5.41. The first kappa shape index (κ1) is 19.1. The van der Waals surface area contributed by atoms with Crippen LogP contribution in [0.3, 0.4) is 0 Å². The Hall–Kier alpha value is -2.18. The zero-order chi connectivity index (χ0) is 18.2. The molecule has 2 rings (SSSR count). The van der Waals surface area contributed by atoms with Crippen LogP contribution in [-0.2, 0) is 16.0 Å². The van der Waals surface area contributed by atoms with E-state index in [-0.39, 0.29) is 11.9 Å². The Morgan fingerprint density at radius 1 is 1.44 bits per heavy atom. The van der Waals surface area contributed by atoms with E-state index in [1.807, 2.05) is 4.90 Å². The predicted octanol–water partition coefficient (Wildman–Crippen LogP) is 2.36. The molecule has 0 amide bonds. The number of nitrogens with one attached hydrogen (secondary N) is 1. The zero-order valence-corrected chi connectivity index (χ0v) is 14.7. The van der Waals surface area contributed by atoms with E-state index in [0.29, 0.717) is 37.6 Å². The largest absolute Gasteiger partial charge is 0.466 e. The van der Waals surface area contributed by atoms with Crippen LogP contribution in [0.2, 0.25) is 0 Å². The Bertz CT molecular complexity index is 622. The average molecular weight is 353 g/mol. The molecule has 1 aliphatic heterocycles. The summed E-state index contributed by atoms with van der Waals surface area (Å²) in [6, 6.07) is 3.59. The number of nitrogens with zero attached hydrogens (tertiary/aromatic N) is 2. The third-order valence-corrected chi connectivity index (χ3v) is 4.25. The monoisotopic (exact) mass is 353 g/mol. The van der Waals surface area contributed by atoms with Crippen molar-refractivity contribution in [1.82, 2.24) is 10.2 Å². The van der Waals surface area contributed by atoms with E-state index in [4.69, 9.17) is 4.74 Å². The maximum Gasteiger partial charge on any atom is 0.310 e. The first-order chi connectivity index (χ1) is 12.0. The number of carbonyl (C=O) groups excluding carboxylic acids is 1. The summed E-state index contributed by atoms with van der Waals surface area (Å²) in [7, 11) is 1.68. The van der Waals surface area contributed by atoms with Gasteiger partial charge in [-0.15, -0.1) is 0 Å². The highest BCUT2D eigenvalue weighted by atomic mass is 19.1. The Morgan fingerprint density at radius 3 is 2.92 bits per heavy atom. The number of hydrogen-bond acceptors (Lipinski definition) is 3. The van der Waals surface area contributed by atoms with Crippen molar-refractivity contribution in [2.24, 2.45) is 10.9 Å². The fourth-order valence-electron chi connectivity index (χ4n) is 2.99. The Balaban J connectivity index is 1.88. The molecule has 5 nitrogen and oxygen atoms in total. The molecule has 1 aliphatic rings. The smallest absolute Gasteiger partial charge is 0.310 e. The lowest BCUT2D eigenvalue weighted by atomic mass is 9.98. The van der Waals surface area contributed by atoms with Gasteiger partial charge in [-0.05, 0) is 37.8 Å². The van der Waals surface area contributed by atoms with Crippen molar-refractivity contribution in [3.63, 3.8) is 0 Å². The average Bonchev–Trinajstić information content (AvgIpc) is 2.60. The Morgan fingerprint density at radius 2 is 2.24 bits per heavy atom. The molecule has 7 heteroatoms. The number of halogens is 2. The highest BCUT2D eigenvalue weighted by Gasteiger charge is 2.28. The standard InChI is InChI=1S/C18H25F2N3O2/c1-3-25-17(24)14-5-4-10-23(12-14)18(21-2)22-9-8-13-6-7-15(19)11-16(13)20/h6-7,11,14H,3-5,8-10,12H2,1-2H3,(H,21,22). The summed E-state index contributed by atoms with van der Waals surface area (Å²) in [6.45, 7) is 4.01. The van der Waals surface area contributed by atoms with Gasteiger partial charge >= 0.3 is 5.97 Å². The quantitative estimate of drug-likeness (QED) is 0.502. The van der Waals surface area contributed by atoms with Crippen molar-refractivity contribution in [3.8, 4) is 0 Å². The summed E-state index contributed by atoms with van der Waals surface area (Å²) in [5.41, 5.74) is 0.451. The molecule has 0 aliphatic carbocycles. The van der Waals surface area contributed by atoms with Crippen molar-refractivity contribution in [3.05, 3.63) is 35.4 Å². The van der Waals surface area contributed by atoms with Crippen molar-refractivity contribution < 1.29 is 18.3 Å². The molecule has 0 spiro atoms. The summed E-state index contributed by atoms with van der Waals surface area (Å²) in [4.78, 5) is 18.2. The molecule has 1 unspecified atom stereocenters. The normalized spacial score (nSPS) is 18.2. The minimum Gasteiger partial charge on any atom is -0.466 e. The molecule has 0 bridgehead atoms. The molecule has 25 heavy (non-hydrogen) atoms. The van der Waals surface area contributed by atoms with Gasteiger partial charge < -0.3 is 15.0 Å². The number of esters is 1. The first-order valence-electron chi connectivity index (χ1n) is 8.61. The number of likely N-dealkylation sites (tertiary alicyclic amines) is 1. The number of carbonyl (C=O) groups is 1. The highest BCUT2D eigenvalue weighted by molar-refractivity contribution is 5.81. The summed E-state index contributed by atoms with van der Waals surface area (Å²) in [5, 5.41) is 3.18. The van der Waals surface area contributed by atoms with Crippen molar-refractivity contribution in [2.75, 3.05) is 33.3 Å². The molecule has 1 heterocycles. The number of benzene rings is 1. The van der Waals surface area contributed by atoms with Crippen LogP contribution in [0.15, 0.2) is 23.2 Å². The molecule has 0 aromatic heterocycles. The van der Waals surface area contributed by atoms with Gasteiger partial charge in [0.05, 0.1) is 12.5 Å². The van der Waals surface area contributed by atoms with Crippen LogP contribution in [-0.4, -0.2) is 50.1 Å². The molecule has 0 radical (unpaired) electrons. The van der Waals surface area contributed by atoms with Gasteiger partial charge in [-0.1, -0.05) is 6.07 Å². The fraction of sp³-hybridized carbons (Fsp3) is 0.556. The van der Waals surface area contributed by atoms with Crippen LogP contribution in [0.5, 0.6) is 0 Å². The van der Waals surface area contributed by atoms with E-state index in [1.165, 1.54) is 12.1 Å². The summed E-state index contributed by atoms with van der Waals surface area (Å²) < 4.78 is 31.7. The second kappa shape index (κ2) is 9.34. The number of rotatable bonds is 5. The van der Waals surface area contributed by atoms with Crippen molar-refractivity contribution in [2.45, 2.75) is 26.2 Å². The number of ether oxygens (including phenoxy) is 1. The molecule has 1 atom stereocenters. The molecule has 1 saturated heterocycles.